The summed E-state index contributed by atoms with van der Waals surface area (Å²) in [5.74, 6) is 0.169. The number of carbonyl (C=O) groups is 1. The van der Waals surface area contributed by atoms with Crippen LogP contribution < -0.4 is 0 Å². The highest BCUT2D eigenvalue weighted by molar-refractivity contribution is 5.72. The molecule has 0 amide bonds. The lowest BCUT2D eigenvalue weighted by atomic mass is 9.97. The van der Waals surface area contributed by atoms with Gasteiger partial charge in [0.1, 0.15) is 0 Å². The van der Waals surface area contributed by atoms with Crippen LogP contribution in [-0.2, 0) is 9.53 Å². The Balaban J connectivity index is 2.02. The molecule has 0 radical (unpaired) electrons. The number of ether oxygens (including phenoxy) is 1. The van der Waals surface area contributed by atoms with E-state index in [0.717, 1.165) is 25.9 Å². The van der Waals surface area contributed by atoms with Crippen LogP contribution in [0.25, 0.3) is 0 Å². The number of rotatable bonds is 9. The highest BCUT2D eigenvalue weighted by atomic mass is 16.5. The molecule has 112 valence electrons. The molecule has 0 saturated carbocycles. The Labute approximate surface area is 118 Å². The second-order valence-electron chi connectivity index (χ2n) is 5.64. The minimum Gasteiger partial charge on any atom is -0.466 e. The topological polar surface area (TPSA) is 29.5 Å². The van der Waals surface area contributed by atoms with Crippen molar-refractivity contribution in [3.05, 3.63) is 0 Å². The normalized spacial score (nSPS) is 17.6. The van der Waals surface area contributed by atoms with Gasteiger partial charge in [-0.3, -0.25) is 4.79 Å². The van der Waals surface area contributed by atoms with Crippen LogP contribution >= 0.6 is 0 Å². The predicted octanol–water partition coefficient (Wildman–Crippen LogP) is 3.62. The Hall–Kier alpha value is -0.570. The molecule has 0 unspecified atom stereocenters. The fraction of sp³-hybridized carbons (Fsp3) is 0.938. The maximum absolute atomic E-state index is 11.6. The van der Waals surface area contributed by atoms with E-state index in [1.54, 1.807) is 0 Å². The van der Waals surface area contributed by atoms with Crippen molar-refractivity contribution in [1.82, 2.24) is 4.90 Å². The Morgan fingerprint density at radius 1 is 1.05 bits per heavy atom. The zero-order valence-corrected chi connectivity index (χ0v) is 12.8. The van der Waals surface area contributed by atoms with Gasteiger partial charge in [0.2, 0.25) is 0 Å². The molecule has 1 heterocycles. The number of esters is 1. The zero-order valence-electron chi connectivity index (χ0n) is 12.8. The summed E-state index contributed by atoms with van der Waals surface area (Å²) in [5.41, 5.74) is 0. The highest BCUT2D eigenvalue weighted by Crippen LogP contribution is 2.19. The van der Waals surface area contributed by atoms with Crippen LogP contribution in [0, 0.1) is 5.92 Å². The fourth-order valence-electron chi connectivity index (χ4n) is 2.77. The van der Waals surface area contributed by atoms with Crippen LogP contribution in [0.1, 0.15) is 65.2 Å². The van der Waals surface area contributed by atoms with E-state index in [1.807, 2.05) is 6.92 Å². The van der Waals surface area contributed by atoms with E-state index in [1.165, 1.54) is 45.1 Å². The molecular weight excluding hydrogens is 238 g/mol. The average Bonchev–Trinajstić information content (AvgIpc) is 2.43. The molecule has 0 aliphatic carbocycles. The van der Waals surface area contributed by atoms with Crippen molar-refractivity contribution < 1.29 is 9.53 Å². The Kier molecular flexibility index (Phi) is 8.89. The van der Waals surface area contributed by atoms with Crippen molar-refractivity contribution in [2.24, 2.45) is 5.92 Å². The van der Waals surface area contributed by atoms with Crippen LogP contribution in [0.15, 0.2) is 0 Å². The van der Waals surface area contributed by atoms with Crippen molar-refractivity contribution in [3.63, 3.8) is 0 Å². The van der Waals surface area contributed by atoms with Crippen LogP contribution in [0.5, 0.6) is 0 Å². The first-order valence-electron chi connectivity index (χ1n) is 8.16. The van der Waals surface area contributed by atoms with Crippen LogP contribution in [-0.4, -0.2) is 37.1 Å². The SMILES string of the molecule is CCCCCCCCN1CCC(C(=O)OCC)CC1. The van der Waals surface area contributed by atoms with Gasteiger partial charge in [-0.25, -0.2) is 0 Å². The third-order valence-corrected chi connectivity index (χ3v) is 4.04. The minimum atomic E-state index is 0.0155. The van der Waals surface area contributed by atoms with Crippen molar-refractivity contribution in [2.45, 2.75) is 65.2 Å². The molecule has 0 aromatic heterocycles. The molecular formula is C16H31NO2. The highest BCUT2D eigenvalue weighted by Gasteiger charge is 2.25. The van der Waals surface area contributed by atoms with Gasteiger partial charge in [-0.2, -0.15) is 0 Å². The van der Waals surface area contributed by atoms with Crippen molar-refractivity contribution >= 4 is 5.97 Å². The first kappa shape index (κ1) is 16.5. The summed E-state index contributed by atoms with van der Waals surface area (Å²) in [4.78, 5) is 14.1. The molecule has 3 nitrogen and oxygen atoms in total. The summed E-state index contributed by atoms with van der Waals surface area (Å²) in [5, 5.41) is 0. The van der Waals surface area contributed by atoms with Gasteiger partial charge in [0.15, 0.2) is 0 Å². The fourth-order valence-corrected chi connectivity index (χ4v) is 2.77. The number of hydrogen-bond donors (Lipinski definition) is 0. The van der Waals surface area contributed by atoms with Crippen molar-refractivity contribution in [1.29, 1.82) is 0 Å². The van der Waals surface area contributed by atoms with E-state index in [2.05, 4.69) is 11.8 Å². The monoisotopic (exact) mass is 269 g/mol. The number of nitrogens with zero attached hydrogens (tertiary/aromatic N) is 1. The first-order valence-corrected chi connectivity index (χ1v) is 8.16. The molecule has 0 bridgehead atoms. The van der Waals surface area contributed by atoms with E-state index in [-0.39, 0.29) is 11.9 Å². The molecule has 0 aromatic carbocycles. The quantitative estimate of drug-likeness (QED) is 0.473. The summed E-state index contributed by atoms with van der Waals surface area (Å²) in [6, 6.07) is 0. The third-order valence-electron chi connectivity index (χ3n) is 4.04. The van der Waals surface area contributed by atoms with Gasteiger partial charge >= 0.3 is 5.97 Å². The van der Waals surface area contributed by atoms with Gasteiger partial charge in [-0.05, 0) is 45.8 Å². The molecule has 19 heavy (non-hydrogen) atoms. The summed E-state index contributed by atoms with van der Waals surface area (Å²) in [7, 11) is 0. The van der Waals surface area contributed by atoms with E-state index in [9.17, 15) is 4.79 Å². The lowest BCUT2D eigenvalue weighted by molar-refractivity contribution is -0.149. The van der Waals surface area contributed by atoms with Gasteiger partial charge in [0, 0.05) is 0 Å². The smallest absolute Gasteiger partial charge is 0.309 e. The largest absolute Gasteiger partial charge is 0.466 e. The molecule has 3 heteroatoms. The van der Waals surface area contributed by atoms with E-state index < -0.39 is 0 Å². The lowest BCUT2D eigenvalue weighted by Crippen LogP contribution is -2.37. The third kappa shape index (κ3) is 6.95. The van der Waals surface area contributed by atoms with E-state index in [0.29, 0.717) is 6.61 Å². The number of carbonyl (C=O) groups excluding carboxylic acids is 1. The van der Waals surface area contributed by atoms with E-state index in [4.69, 9.17) is 4.74 Å². The molecule has 0 spiro atoms. The van der Waals surface area contributed by atoms with Gasteiger partial charge < -0.3 is 9.64 Å². The number of likely N-dealkylation sites (tertiary alicyclic amines) is 1. The lowest BCUT2D eigenvalue weighted by Gasteiger charge is -2.30. The second-order valence-corrected chi connectivity index (χ2v) is 5.64. The van der Waals surface area contributed by atoms with Gasteiger partial charge in [0.25, 0.3) is 0 Å². The molecule has 0 N–H and O–H groups in total. The summed E-state index contributed by atoms with van der Waals surface area (Å²) < 4.78 is 5.10. The second kappa shape index (κ2) is 10.2. The Morgan fingerprint density at radius 2 is 1.68 bits per heavy atom. The summed E-state index contributed by atoms with van der Waals surface area (Å²) in [6.07, 6.45) is 10.1. The van der Waals surface area contributed by atoms with Crippen molar-refractivity contribution in [2.75, 3.05) is 26.2 Å². The predicted molar refractivity (Wildman–Crippen MR) is 79.2 cm³/mol. The standard InChI is InChI=1S/C16H31NO2/c1-3-5-6-7-8-9-12-17-13-10-15(11-14-17)16(18)19-4-2/h15H,3-14H2,1-2H3. The maximum atomic E-state index is 11.6. The Morgan fingerprint density at radius 3 is 2.32 bits per heavy atom. The minimum absolute atomic E-state index is 0.0155. The summed E-state index contributed by atoms with van der Waals surface area (Å²) >= 11 is 0. The number of hydrogen-bond acceptors (Lipinski definition) is 3. The maximum Gasteiger partial charge on any atom is 0.309 e. The van der Waals surface area contributed by atoms with Gasteiger partial charge in [0.05, 0.1) is 12.5 Å². The van der Waals surface area contributed by atoms with Crippen LogP contribution in [0.4, 0.5) is 0 Å². The van der Waals surface area contributed by atoms with E-state index >= 15 is 0 Å². The molecule has 1 fully saturated rings. The molecule has 1 aliphatic rings. The molecule has 1 aliphatic heterocycles. The first-order chi connectivity index (χ1) is 9.27. The molecule has 1 rings (SSSR count). The Bertz CT molecular complexity index is 235. The zero-order chi connectivity index (χ0) is 13.9. The average molecular weight is 269 g/mol. The van der Waals surface area contributed by atoms with Gasteiger partial charge in [-0.15, -0.1) is 0 Å². The molecule has 0 atom stereocenters. The molecule has 0 aromatic rings. The number of piperidine rings is 1. The number of unbranched alkanes of at least 4 members (excludes halogenated alkanes) is 5. The summed E-state index contributed by atoms with van der Waals surface area (Å²) in [6.45, 7) is 7.99. The van der Waals surface area contributed by atoms with Crippen LogP contribution in [0.2, 0.25) is 0 Å². The van der Waals surface area contributed by atoms with Gasteiger partial charge in [-0.1, -0.05) is 39.0 Å². The van der Waals surface area contributed by atoms with Crippen molar-refractivity contribution in [3.8, 4) is 0 Å². The molecule has 1 saturated heterocycles. The van der Waals surface area contributed by atoms with Crippen LogP contribution in [0.3, 0.4) is 0 Å².